The standard InChI is InChI=1S/C11H13NO3S2/c13-17(14,15)11-6-2-1-5-10(11)9-16-12-7-3-4-8-12/h1-3,5-7H,4,8-9H2,(H,13,14,15). The van der Waals surface area contributed by atoms with Crippen molar-refractivity contribution in [1.29, 1.82) is 0 Å². The molecule has 0 atom stereocenters. The van der Waals surface area contributed by atoms with Gasteiger partial charge < -0.3 is 4.31 Å². The van der Waals surface area contributed by atoms with Gasteiger partial charge in [0.2, 0.25) is 0 Å². The third-order valence-corrected chi connectivity index (χ3v) is 4.45. The maximum absolute atomic E-state index is 11.2. The van der Waals surface area contributed by atoms with Crippen molar-refractivity contribution in [2.24, 2.45) is 0 Å². The summed E-state index contributed by atoms with van der Waals surface area (Å²) in [6.07, 6.45) is 5.08. The van der Waals surface area contributed by atoms with Crippen molar-refractivity contribution in [3.8, 4) is 0 Å². The number of benzene rings is 1. The smallest absolute Gasteiger partial charge is 0.294 e. The van der Waals surface area contributed by atoms with Crippen molar-refractivity contribution in [3.63, 3.8) is 0 Å². The van der Waals surface area contributed by atoms with Crippen LogP contribution in [0.4, 0.5) is 0 Å². The first-order valence-corrected chi connectivity index (χ1v) is 7.57. The maximum atomic E-state index is 11.2. The third kappa shape index (κ3) is 3.24. The molecule has 17 heavy (non-hydrogen) atoms. The molecule has 1 aliphatic heterocycles. The third-order valence-electron chi connectivity index (χ3n) is 2.42. The van der Waals surface area contributed by atoms with Crippen LogP contribution in [0.3, 0.4) is 0 Å². The van der Waals surface area contributed by atoms with Gasteiger partial charge in [0.25, 0.3) is 10.1 Å². The zero-order valence-electron chi connectivity index (χ0n) is 9.11. The number of hydrogen-bond acceptors (Lipinski definition) is 4. The largest absolute Gasteiger partial charge is 0.323 e. The van der Waals surface area contributed by atoms with Gasteiger partial charge in [-0.1, -0.05) is 24.3 Å². The number of rotatable bonds is 4. The predicted octanol–water partition coefficient (Wildman–Crippen LogP) is 2.30. The first kappa shape index (κ1) is 12.5. The van der Waals surface area contributed by atoms with Crippen molar-refractivity contribution >= 4 is 22.1 Å². The topological polar surface area (TPSA) is 57.6 Å². The fraction of sp³-hybridized carbons (Fsp3) is 0.273. The van der Waals surface area contributed by atoms with Gasteiger partial charge in [-0.05, 0) is 30.0 Å². The SMILES string of the molecule is O=S(=O)(O)c1ccccc1CSN1C=CCC1. The van der Waals surface area contributed by atoms with Crippen LogP contribution in [0, 0.1) is 0 Å². The highest BCUT2D eigenvalue weighted by molar-refractivity contribution is 7.96. The molecule has 2 rings (SSSR count). The fourth-order valence-corrected chi connectivity index (χ4v) is 3.38. The molecule has 1 N–H and O–H groups in total. The molecule has 0 fully saturated rings. The van der Waals surface area contributed by atoms with E-state index in [1.54, 1.807) is 18.2 Å². The summed E-state index contributed by atoms with van der Waals surface area (Å²) in [7, 11) is -4.13. The molecule has 6 heteroatoms. The van der Waals surface area contributed by atoms with E-state index in [0.29, 0.717) is 11.3 Å². The Morgan fingerprint density at radius 2 is 2.12 bits per heavy atom. The van der Waals surface area contributed by atoms with E-state index in [1.165, 1.54) is 18.0 Å². The first-order chi connectivity index (χ1) is 8.07. The van der Waals surface area contributed by atoms with Gasteiger partial charge in [-0.2, -0.15) is 8.42 Å². The maximum Gasteiger partial charge on any atom is 0.294 e. The van der Waals surface area contributed by atoms with E-state index in [9.17, 15) is 8.42 Å². The minimum Gasteiger partial charge on any atom is -0.323 e. The van der Waals surface area contributed by atoms with E-state index < -0.39 is 10.1 Å². The van der Waals surface area contributed by atoms with Crippen LogP contribution in [0.1, 0.15) is 12.0 Å². The van der Waals surface area contributed by atoms with Crippen molar-refractivity contribution in [2.45, 2.75) is 17.1 Å². The van der Waals surface area contributed by atoms with Crippen molar-refractivity contribution < 1.29 is 13.0 Å². The minimum absolute atomic E-state index is 0.00400. The molecule has 0 saturated carbocycles. The van der Waals surface area contributed by atoms with Crippen LogP contribution in [-0.4, -0.2) is 23.8 Å². The molecule has 0 amide bonds. The molecule has 1 aromatic carbocycles. The Morgan fingerprint density at radius 1 is 1.35 bits per heavy atom. The number of nitrogens with zero attached hydrogens (tertiary/aromatic N) is 1. The Bertz CT molecular complexity index is 525. The molecule has 0 spiro atoms. The van der Waals surface area contributed by atoms with Crippen LogP contribution in [0.25, 0.3) is 0 Å². The summed E-state index contributed by atoms with van der Waals surface area (Å²) in [5.74, 6) is 0.528. The van der Waals surface area contributed by atoms with Gasteiger partial charge in [0.15, 0.2) is 0 Å². The van der Waals surface area contributed by atoms with Crippen LogP contribution in [0.15, 0.2) is 41.4 Å². The van der Waals surface area contributed by atoms with Crippen LogP contribution >= 0.6 is 11.9 Å². The van der Waals surface area contributed by atoms with Crippen LogP contribution in [0.2, 0.25) is 0 Å². The first-order valence-electron chi connectivity index (χ1n) is 5.19. The molecule has 0 radical (unpaired) electrons. The molecule has 1 heterocycles. The minimum atomic E-state index is -4.13. The van der Waals surface area contributed by atoms with Gasteiger partial charge in [-0.3, -0.25) is 4.55 Å². The number of hydrogen-bond donors (Lipinski definition) is 1. The highest BCUT2D eigenvalue weighted by Gasteiger charge is 2.15. The Kier molecular flexibility index (Phi) is 3.76. The van der Waals surface area contributed by atoms with Crippen molar-refractivity contribution in [1.82, 2.24) is 4.31 Å². The monoisotopic (exact) mass is 271 g/mol. The zero-order valence-corrected chi connectivity index (χ0v) is 10.7. The lowest BCUT2D eigenvalue weighted by molar-refractivity contribution is 0.482. The Labute approximate surface area is 105 Å². The molecule has 92 valence electrons. The Hall–Kier alpha value is -0.980. The average molecular weight is 271 g/mol. The lowest BCUT2D eigenvalue weighted by Crippen LogP contribution is -2.06. The Balaban J connectivity index is 2.12. The second-order valence-corrected chi connectivity index (χ2v) is 6.08. The summed E-state index contributed by atoms with van der Waals surface area (Å²) < 4.78 is 33.5. The lowest BCUT2D eigenvalue weighted by Gasteiger charge is -2.14. The van der Waals surface area contributed by atoms with E-state index in [2.05, 4.69) is 10.4 Å². The fourth-order valence-electron chi connectivity index (χ4n) is 1.60. The highest BCUT2D eigenvalue weighted by Crippen LogP contribution is 2.25. The van der Waals surface area contributed by atoms with Crippen LogP contribution < -0.4 is 0 Å². The molecule has 0 bridgehead atoms. The van der Waals surface area contributed by atoms with E-state index in [1.807, 2.05) is 6.20 Å². The van der Waals surface area contributed by atoms with Crippen molar-refractivity contribution in [2.75, 3.05) is 6.54 Å². The van der Waals surface area contributed by atoms with E-state index in [-0.39, 0.29) is 4.90 Å². The second-order valence-electron chi connectivity index (χ2n) is 3.67. The molecule has 1 aromatic rings. The molecule has 0 saturated heterocycles. The van der Waals surface area contributed by atoms with Crippen LogP contribution in [-0.2, 0) is 15.9 Å². The summed E-state index contributed by atoms with van der Waals surface area (Å²) >= 11 is 1.54. The Morgan fingerprint density at radius 3 is 2.76 bits per heavy atom. The normalized spacial score (nSPS) is 15.5. The van der Waals surface area contributed by atoms with Gasteiger partial charge in [-0.15, -0.1) is 0 Å². The summed E-state index contributed by atoms with van der Waals surface area (Å²) in [6, 6.07) is 6.51. The van der Waals surface area contributed by atoms with Gasteiger partial charge in [0, 0.05) is 18.5 Å². The van der Waals surface area contributed by atoms with Crippen molar-refractivity contribution in [3.05, 3.63) is 42.1 Å². The lowest BCUT2D eigenvalue weighted by atomic mass is 10.2. The summed E-state index contributed by atoms with van der Waals surface area (Å²) in [5.41, 5.74) is 0.625. The van der Waals surface area contributed by atoms with E-state index in [4.69, 9.17) is 4.55 Å². The molecule has 0 aromatic heterocycles. The average Bonchev–Trinajstić information content (AvgIpc) is 2.78. The zero-order chi connectivity index (χ0) is 12.3. The van der Waals surface area contributed by atoms with E-state index >= 15 is 0 Å². The van der Waals surface area contributed by atoms with Gasteiger partial charge in [0.05, 0.1) is 4.90 Å². The molecular formula is C11H13NO3S2. The quantitative estimate of drug-likeness (QED) is 0.672. The molecule has 0 unspecified atom stereocenters. The van der Waals surface area contributed by atoms with Gasteiger partial charge in [-0.25, -0.2) is 0 Å². The van der Waals surface area contributed by atoms with Crippen LogP contribution in [0.5, 0.6) is 0 Å². The molecular weight excluding hydrogens is 258 g/mol. The summed E-state index contributed by atoms with van der Waals surface area (Å²) in [6.45, 7) is 0.943. The molecule has 1 aliphatic rings. The predicted molar refractivity (Wildman–Crippen MR) is 68.0 cm³/mol. The molecule has 0 aliphatic carbocycles. The summed E-state index contributed by atoms with van der Waals surface area (Å²) in [5, 5.41) is 0. The van der Waals surface area contributed by atoms with E-state index in [0.717, 1.165) is 13.0 Å². The summed E-state index contributed by atoms with van der Waals surface area (Å²) in [4.78, 5) is -0.00400. The second kappa shape index (κ2) is 5.12. The molecule has 4 nitrogen and oxygen atoms in total. The van der Waals surface area contributed by atoms with Gasteiger partial charge in [0.1, 0.15) is 0 Å². The highest BCUT2D eigenvalue weighted by atomic mass is 32.2. The van der Waals surface area contributed by atoms with Gasteiger partial charge >= 0.3 is 0 Å².